The van der Waals surface area contributed by atoms with Crippen LogP contribution in [-0.2, 0) is 11.2 Å². The number of anilines is 1. The first-order valence-corrected chi connectivity index (χ1v) is 16.0. The van der Waals surface area contributed by atoms with Gasteiger partial charge in [-0.1, -0.05) is 24.6 Å². The number of Topliss-reactive ketones (excluding diaryl/α,β-unsaturated/α-hetero) is 1. The Bertz CT molecular complexity index is 1840. The molecule has 0 aliphatic carbocycles. The van der Waals surface area contributed by atoms with E-state index in [9.17, 15) is 18.7 Å². The number of aromatic hydroxyl groups is 1. The summed E-state index contributed by atoms with van der Waals surface area (Å²) in [6.07, 6.45) is 3.40. The second kappa shape index (κ2) is 11.6. The van der Waals surface area contributed by atoms with Crippen molar-refractivity contribution in [3.63, 3.8) is 0 Å². The van der Waals surface area contributed by atoms with Crippen molar-refractivity contribution in [3.05, 3.63) is 52.6 Å². The maximum Gasteiger partial charge on any atom is 0.319 e. The smallest absolute Gasteiger partial charge is 0.319 e. The van der Waals surface area contributed by atoms with Crippen molar-refractivity contribution in [3.8, 4) is 22.9 Å². The van der Waals surface area contributed by atoms with Crippen LogP contribution in [0.3, 0.4) is 0 Å². The third kappa shape index (κ3) is 5.25. The molecule has 0 unspecified atom stereocenters. The fraction of sp³-hybridized carbons (Fsp3) is 0.441. The summed E-state index contributed by atoms with van der Waals surface area (Å²) in [5, 5.41) is 11.9. The first-order chi connectivity index (χ1) is 21.7. The molecule has 0 amide bonds. The number of ketones is 1. The minimum atomic E-state index is -0.942. The second-order valence-corrected chi connectivity index (χ2v) is 12.9. The lowest BCUT2D eigenvalue weighted by Gasteiger charge is -2.31. The zero-order valence-corrected chi connectivity index (χ0v) is 25.8. The number of aryl methyl sites for hydroxylation is 1. The molecule has 2 atom stereocenters. The number of carbonyl (C=O) groups excluding carboxylic acids is 1. The lowest BCUT2D eigenvalue weighted by atomic mass is 9.92. The van der Waals surface area contributed by atoms with Gasteiger partial charge in [0.25, 0.3) is 0 Å². The van der Waals surface area contributed by atoms with Crippen LogP contribution in [0.25, 0.3) is 32.8 Å². The summed E-state index contributed by atoms with van der Waals surface area (Å²) in [6.45, 7) is 3.73. The first-order valence-electron chi connectivity index (χ1n) is 15.6. The maximum atomic E-state index is 17.0. The number of nitrogens with zero attached hydrogens (tertiary/aromatic N) is 4. The van der Waals surface area contributed by atoms with E-state index in [1.54, 1.807) is 19.1 Å². The summed E-state index contributed by atoms with van der Waals surface area (Å²) >= 11 is 6.83. The molecule has 4 aromatic rings. The highest BCUT2D eigenvalue weighted by atomic mass is 35.5. The van der Waals surface area contributed by atoms with Crippen molar-refractivity contribution >= 4 is 44.9 Å². The van der Waals surface area contributed by atoms with Gasteiger partial charge in [0.05, 0.1) is 17.1 Å². The minimum absolute atomic E-state index is 0.0262. The van der Waals surface area contributed by atoms with Gasteiger partial charge in [-0.15, -0.1) is 0 Å². The van der Waals surface area contributed by atoms with Gasteiger partial charge in [-0.2, -0.15) is 9.97 Å². The normalized spacial score (nSPS) is 22.4. The number of fused-ring (bicyclic) bond motifs is 3. The molecule has 4 heterocycles. The number of phenols is 1. The highest BCUT2D eigenvalue weighted by Gasteiger charge is 2.49. The van der Waals surface area contributed by atoms with E-state index in [4.69, 9.17) is 21.3 Å². The molecule has 3 aliphatic heterocycles. The Kier molecular flexibility index (Phi) is 7.76. The largest absolute Gasteiger partial charge is 0.508 e. The molecule has 45 heavy (non-hydrogen) atoms. The van der Waals surface area contributed by atoms with Gasteiger partial charge in [-0.3, -0.25) is 9.69 Å². The van der Waals surface area contributed by atoms with Crippen molar-refractivity contribution in [1.29, 1.82) is 0 Å². The van der Waals surface area contributed by atoms with Crippen LogP contribution in [0.15, 0.2) is 30.3 Å². The fourth-order valence-electron chi connectivity index (χ4n) is 7.58. The molecule has 236 valence electrons. The number of halogens is 4. The molecule has 0 spiro atoms. The van der Waals surface area contributed by atoms with Crippen LogP contribution >= 0.6 is 11.6 Å². The molecule has 3 saturated heterocycles. The number of phenolic OH excluding ortho intramolecular Hbond substituents is 1. The predicted molar refractivity (Wildman–Crippen MR) is 168 cm³/mol. The van der Waals surface area contributed by atoms with Crippen LogP contribution in [-0.4, -0.2) is 70.3 Å². The van der Waals surface area contributed by atoms with Crippen molar-refractivity contribution in [2.75, 3.05) is 37.7 Å². The van der Waals surface area contributed by atoms with Crippen LogP contribution < -0.4 is 9.64 Å². The molecule has 3 fully saturated rings. The molecule has 3 aromatic carbocycles. The average Bonchev–Trinajstić information content (AvgIpc) is 3.43. The van der Waals surface area contributed by atoms with Gasteiger partial charge in [-0.25, -0.2) is 13.2 Å². The van der Waals surface area contributed by atoms with Gasteiger partial charge in [0, 0.05) is 36.9 Å². The Morgan fingerprint density at radius 3 is 2.80 bits per heavy atom. The molecular formula is C34H34ClF3N4O3. The minimum Gasteiger partial charge on any atom is -0.508 e. The molecule has 1 N–H and O–H groups in total. The first kappa shape index (κ1) is 30.0. The number of rotatable bonds is 6. The standard InChI is InChI=1S/C34H34ClF3N4O3/c1-2-23-27(37)8-7-19-12-22(44)13-24(28(19)23)29-26(35)14-25-31(30(29)38)39-33(40-32(25)41-10-4-3-6-21(43)17-41)45-18-34-9-5-11-42(34)16-20(36)15-34/h7-8,12-14,20,44H,2-6,9-11,15-18H2,1H3/t20-,34+/m1/s1. The van der Waals surface area contributed by atoms with Crippen molar-refractivity contribution < 1.29 is 27.8 Å². The van der Waals surface area contributed by atoms with Crippen molar-refractivity contribution in [2.24, 2.45) is 0 Å². The number of hydrogen-bond donors (Lipinski definition) is 1. The number of hydrogen-bond acceptors (Lipinski definition) is 7. The summed E-state index contributed by atoms with van der Waals surface area (Å²) in [5.41, 5.74) is 0.0221. The second-order valence-electron chi connectivity index (χ2n) is 12.5. The van der Waals surface area contributed by atoms with Gasteiger partial charge in [-0.05, 0) is 84.8 Å². The number of aromatic nitrogens is 2. The molecule has 7 rings (SSSR count). The third-order valence-electron chi connectivity index (χ3n) is 9.65. The van der Waals surface area contributed by atoms with Gasteiger partial charge in [0.2, 0.25) is 0 Å². The van der Waals surface area contributed by atoms with E-state index in [-0.39, 0.29) is 52.4 Å². The maximum absolute atomic E-state index is 17.0. The summed E-state index contributed by atoms with van der Waals surface area (Å²) in [4.78, 5) is 25.8. The van der Waals surface area contributed by atoms with Crippen LogP contribution in [0.2, 0.25) is 5.02 Å². The summed E-state index contributed by atoms with van der Waals surface area (Å²) in [5.74, 6) is -0.973. The van der Waals surface area contributed by atoms with E-state index in [2.05, 4.69) is 9.88 Å². The van der Waals surface area contributed by atoms with Gasteiger partial charge < -0.3 is 14.7 Å². The predicted octanol–water partition coefficient (Wildman–Crippen LogP) is 7.16. The topological polar surface area (TPSA) is 78.8 Å². The number of benzene rings is 3. The third-order valence-corrected chi connectivity index (χ3v) is 9.95. The molecule has 0 radical (unpaired) electrons. The van der Waals surface area contributed by atoms with Crippen molar-refractivity contribution in [1.82, 2.24) is 14.9 Å². The van der Waals surface area contributed by atoms with Crippen LogP contribution in [0.4, 0.5) is 19.0 Å². The highest BCUT2D eigenvalue weighted by Crippen LogP contribution is 2.45. The fourth-order valence-corrected chi connectivity index (χ4v) is 7.87. The molecule has 1 aromatic heterocycles. The Morgan fingerprint density at radius 1 is 1.13 bits per heavy atom. The number of ether oxygens (including phenoxy) is 1. The average molecular weight is 639 g/mol. The van der Waals surface area contributed by atoms with E-state index in [0.29, 0.717) is 59.9 Å². The lowest BCUT2D eigenvalue weighted by molar-refractivity contribution is -0.117. The zero-order chi connectivity index (χ0) is 31.5. The Morgan fingerprint density at radius 2 is 1.98 bits per heavy atom. The monoisotopic (exact) mass is 638 g/mol. The quantitative estimate of drug-likeness (QED) is 0.240. The number of carbonyl (C=O) groups is 1. The van der Waals surface area contributed by atoms with Crippen LogP contribution in [0.5, 0.6) is 11.8 Å². The summed E-state index contributed by atoms with van der Waals surface area (Å²) < 4.78 is 52.6. The Balaban J connectivity index is 1.41. The molecule has 3 aliphatic rings. The Hall–Kier alpha value is -3.63. The van der Waals surface area contributed by atoms with Gasteiger partial charge in [0.1, 0.15) is 35.7 Å². The molecule has 0 saturated carbocycles. The van der Waals surface area contributed by atoms with Gasteiger partial charge in [0.15, 0.2) is 11.6 Å². The molecule has 11 heteroatoms. The van der Waals surface area contributed by atoms with Gasteiger partial charge >= 0.3 is 6.01 Å². The van der Waals surface area contributed by atoms with E-state index >= 15 is 4.39 Å². The SMILES string of the molecule is CCc1c(F)ccc2cc(O)cc(-c3c(Cl)cc4c(N5CCCCC(=O)C5)nc(OC[C@@]56CCCN5C[C@H](F)C6)nc4c3F)c12. The van der Waals surface area contributed by atoms with Crippen LogP contribution in [0.1, 0.15) is 51.0 Å². The number of alkyl halides is 1. The molecule has 7 nitrogen and oxygen atoms in total. The van der Waals surface area contributed by atoms with Crippen LogP contribution in [0, 0.1) is 11.6 Å². The molecular weight excluding hydrogens is 605 g/mol. The lowest BCUT2D eigenvalue weighted by Crippen LogP contribution is -2.43. The van der Waals surface area contributed by atoms with E-state index in [1.165, 1.54) is 18.2 Å². The zero-order valence-electron chi connectivity index (χ0n) is 25.0. The van der Waals surface area contributed by atoms with E-state index < -0.39 is 23.3 Å². The summed E-state index contributed by atoms with van der Waals surface area (Å²) in [6, 6.07) is 7.24. The summed E-state index contributed by atoms with van der Waals surface area (Å²) in [7, 11) is 0. The highest BCUT2D eigenvalue weighted by molar-refractivity contribution is 6.35. The van der Waals surface area contributed by atoms with E-state index in [1.807, 2.05) is 4.90 Å². The van der Waals surface area contributed by atoms with E-state index in [0.717, 1.165) is 32.2 Å². The van der Waals surface area contributed by atoms with Crippen molar-refractivity contribution in [2.45, 2.75) is 63.6 Å². The molecule has 0 bridgehead atoms. The Labute approximate surface area is 264 Å².